The molecule has 0 radical (unpaired) electrons. The van der Waals surface area contributed by atoms with Gasteiger partial charge in [-0.1, -0.05) is 6.92 Å². The summed E-state index contributed by atoms with van der Waals surface area (Å²) in [5.41, 5.74) is 5.50. The molecule has 0 aromatic rings. The van der Waals surface area contributed by atoms with Crippen LogP contribution in [0.2, 0.25) is 0 Å². The predicted molar refractivity (Wildman–Crippen MR) is 76.9 cm³/mol. The Morgan fingerprint density at radius 2 is 2.11 bits per heavy atom. The van der Waals surface area contributed by atoms with Crippen molar-refractivity contribution in [2.75, 3.05) is 33.2 Å². The third-order valence-corrected chi connectivity index (χ3v) is 4.66. The lowest BCUT2D eigenvalue weighted by atomic mass is 10.1. The van der Waals surface area contributed by atoms with Crippen LogP contribution < -0.4 is 11.1 Å². The first kappa shape index (κ1) is 14.8. The van der Waals surface area contributed by atoms with Gasteiger partial charge in [0.25, 0.3) is 0 Å². The number of rotatable bonds is 6. The molecule has 5 nitrogen and oxygen atoms in total. The summed E-state index contributed by atoms with van der Waals surface area (Å²) in [5, 5.41) is 3.26. The van der Waals surface area contributed by atoms with E-state index in [4.69, 9.17) is 5.73 Å². The Balaban J connectivity index is 1.89. The van der Waals surface area contributed by atoms with Crippen LogP contribution in [0.3, 0.4) is 0 Å². The highest BCUT2D eigenvalue weighted by molar-refractivity contribution is 5.80. The molecule has 2 aliphatic rings. The molecule has 5 heteroatoms. The van der Waals surface area contributed by atoms with E-state index in [1.807, 2.05) is 0 Å². The Kier molecular flexibility index (Phi) is 5.19. The summed E-state index contributed by atoms with van der Waals surface area (Å²) in [6.07, 6.45) is 4.87. The highest BCUT2D eigenvalue weighted by Gasteiger charge is 2.35. The third-order valence-electron chi connectivity index (χ3n) is 4.66. The van der Waals surface area contributed by atoms with Crippen LogP contribution in [0.5, 0.6) is 0 Å². The van der Waals surface area contributed by atoms with Crippen molar-refractivity contribution in [2.45, 2.75) is 50.7 Å². The molecule has 2 rings (SSSR count). The number of nitrogens with zero attached hydrogens (tertiary/aromatic N) is 2. The van der Waals surface area contributed by atoms with Gasteiger partial charge in [-0.05, 0) is 45.8 Å². The number of nitrogens with two attached hydrogens (primary N) is 1. The van der Waals surface area contributed by atoms with E-state index in [0.717, 1.165) is 38.6 Å². The van der Waals surface area contributed by atoms with Crippen LogP contribution in [-0.2, 0) is 4.79 Å². The highest BCUT2D eigenvalue weighted by Crippen LogP contribution is 2.28. The maximum atomic E-state index is 11.5. The second-order valence-electron chi connectivity index (χ2n) is 6.01. The minimum Gasteiger partial charge on any atom is -0.368 e. The number of primary amides is 1. The van der Waals surface area contributed by atoms with E-state index in [0.29, 0.717) is 6.04 Å². The summed E-state index contributed by atoms with van der Waals surface area (Å²) < 4.78 is 0. The van der Waals surface area contributed by atoms with Crippen molar-refractivity contribution >= 4 is 5.91 Å². The van der Waals surface area contributed by atoms with Crippen molar-refractivity contribution in [1.29, 1.82) is 0 Å². The summed E-state index contributed by atoms with van der Waals surface area (Å²) >= 11 is 0. The molecule has 0 aliphatic carbocycles. The first-order chi connectivity index (χ1) is 9.11. The standard InChI is InChI=1S/C14H28N4O/c1-3-7-16-13(14(15)19)10-18-8-6-11-4-5-12(9-18)17(11)2/h11-13,16H,3-10H2,1-2H3,(H2,15,19). The molecule has 0 saturated carbocycles. The Labute approximate surface area is 116 Å². The van der Waals surface area contributed by atoms with Gasteiger partial charge in [-0.2, -0.15) is 0 Å². The second-order valence-corrected chi connectivity index (χ2v) is 6.01. The van der Waals surface area contributed by atoms with E-state index in [1.165, 1.54) is 19.3 Å². The van der Waals surface area contributed by atoms with E-state index in [1.54, 1.807) is 0 Å². The Morgan fingerprint density at radius 1 is 1.37 bits per heavy atom. The van der Waals surface area contributed by atoms with Gasteiger partial charge < -0.3 is 11.1 Å². The first-order valence-corrected chi connectivity index (χ1v) is 7.58. The smallest absolute Gasteiger partial charge is 0.235 e. The highest BCUT2D eigenvalue weighted by atomic mass is 16.1. The number of hydrogen-bond acceptors (Lipinski definition) is 4. The second kappa shape index (κ2) is 6.68. The number of likely N-dealkylation sites (tertiary alicyclic amines) is 1. The fourth-order valence-corrected chi connectivity index (χ4v) is 3.38. The fourth-order valence-electron chi connectivity index (χ4n) is 3.38. The summed E-state index contributed by atoms with van der Waals surface area (Å²) in [6, 6.07) is 1.19. The summed E-state index contributed by atoms with van der Waals surface area (Å²) in [5.74, 6) is -0.226. The van der Waals surface area contributed by atoms with Gasteiger partial charge in [-0.15, -0.1) is 0 Å². The third kappa shape index (κ3) is 3.68. The molecule has 19 heavy (non-hydrogen) atoms. The lowest BCUT2D eigenvalue weighted by Crippen LogP contribution is -2.50. The van der Waals surface area contributed by atoms with Crippen molar-refractivity contribution in [3.63, 3.8) is 0 Å². The quantitative estimate of drug-likeness (QED) is 0.712. The van der Waals surface area contributed by atoms with Gasteiger partial charge in [0.05, 0.1) is 6.04 Å². The van der Waals surface area contributed by atoms with Crippen molar-refractivity contribution in [2.24, 2.45) is 5.73 Å². The molecule has 3 N–H and O–H groups in total. The van der Waals surface area contributed by atoms with Crippen LogP contribution in [0, 0.1) is 0 Å². The van der Waals surface area contributed by atoms with Crippen LogP contribution in [0.15, 0.2) is 0 Å². The van der Waals surface area contributed by atoms with Gasteiger partial charge in [0.1, 0.15) is 0 Å². The number of fused-ring (bicyclic) bond motifs is 2. The summed E-state index contributed by atoms with van der Waals surface area (Å²) in [6.45, 7) is 5.87. The average Bonchev–Trinajstić information content (AvgIpc) is 2.61. The number of amides is 1. The molecule has 110 valence electrons. The van der Waals surface area contributed by atoms with Gasteiger partial charge in [0.15, 0.2) is 0 Å². The minimum absolute atomic E-state index is 0.207. The summed E-state index contributed by atoms with van der Waals surface area (Å²) in [4.78, 5) is 16.5. The van der Waals surface area contributed by atoms with Gasteiger partial charge in [0, 0.05) is 25.2 Å². The average molecular weight is 268 g/mol. The van der Waals surface area contributed by atoms with Crippen LogP contribution in [0.25, 0.3) is 0 Å². The molecule has 0 spiro atoms. The number of carbonyl (C=O) groups excluding carboxylic acids is 1. The Bertz CT molecular complexity index is 310. The van der Waals surface area contributed by atoms with Crippen LogP contribution >= 0.6 is 0 Å². The van der Waals surface area contributed by atoms with E-state index in [2.05, 4.69) is 29.1 Å². The van der Waals surface area contributed by atoms with Crippen molar-refractivity contribution in [3.8, 4) is 0 Å². The molecule has 1 amide bonds. The van der Waals surface area contributed by atoms with E-state index in [-0.39, 0.29) is 11.9 Å². The van der Waals surface area contributed by atoms with Crippen LogP contribution in [-0.4, -0.2) is 67.1 Å². The largest absolute Gasteiger partial charge is 0.368 e. The molecule has 0 aromatic heterocycles. The predicted octanol–water partition coefficient (Wildman–Crippen LogP) is 0.00840. The number of carbonyl (C=O) groups is 1. The molecular formula is C14H28N4O. The van der Waals surface area contributed by atoms with Gasteiger partial charge in [-0.3, -0.25) is 14.6 Å². The SMILES string of the molecule is CCCNC(CN1CCC2CCC(C1)N2C)C(N)=O. The van der Waals surface area contributed by atoms with Crippen molar-refractivity contribution in [3.05, 3.63) is 0 Å². The lowest BCUT2D eigenvalue weighted by Gasteiger charge is -2.28. The molecule has 2 bridgehead atoms. The fraction of sp³-hybridized carbons (Fsp3) is 0.929. The first-order valence-electron chi connectivity index (χ1n) is 7.58. The maximum absolute atomic E-state index is 11.5. The lowest BCUT2D eigenvalue weighted by molar-refractivity contribution is -0.120. The molecule has 3 atom stereocenters. The van der Waals surface area contributed by atoms with Crippen LogP contribution in [0.4, 0.5) is 0 Å². The minimum atomic E-state index is -0.226. The number of likely N-dealkylation sites (N-methyl/N-ethyl adjacent to an activating group) is 1. The molecule has 0 aromatic carbocycles. The number of hydrogen-bond donors (Lipinski definition) is 2. The molecule has 2 saturated heterocycles. The monoisotopic (exact) mass is 268 g/mol. The van der Waals surface area contributed by atoms with E-state index in [9.17, 15) is 4.79 Å². The van der Waals surface area contributed by atoms with Crippen molar-refractivity contribution in [1.82, 2.24) is 15.1 Å². The molecular weight excluding hydrogens is 240 g/mol. The van der Waals surface area contributed by atoms with Gasteiger partial charge >= 0.3 is 0 Å². The zero-order valence-corrected chi connectivity index (χ0v) is 12.3. The van der Waals surface area contributed by atoms with E-state index < -0.39 is 0 Å². The normalized spacial score (nSPS) is 30.2. The van der Waals surface area contributed by atoms with Gasteiger partial charge in [0.2, 0.25) is 5.91 Å². The van der Waals surface area contributed by atoms with Crippen LogP contribution in [0.1, 0.15) is 32.6 Å². The molecule has 2 fully saturated rings. The Morgan fingerprint density at radius 3 is 2.79 bits per heavy atom. The molecule has 3 unspecified atom stereocenters. The molecule has 2 heterocycles. The summed E-state index contributed by atoms with van der Waals surface area (Å²) in [7, 11) is 2.24. The van der Waals surface area contributed by atoms with Gasteiger partial charge in [-0.25, -0.2) is 0 Å². The zero-order chi connectivity index (χ0) is 13.8. The maximum Gasteiger partial charge on any atom is 0.235 e. The van der Waals surface area contributed by atoms with Crippen molar-refractivity contribution < 1.29 is 4.79 Å². The van der Waals surface area contributed by atoms with E-state index >= 15 is 0 Å². The zero-order valence-electron chi connectivity index (χ0n) is 12.3. The number of nitrogens with one attached hydrogen (secondary N) is 1. The Hall–Kier alpha value is -0.650. The molecule has 2 aliphatic heterocycles. The topological polar surface area (TPSA) is 61.6 Å².